The third-order valence-corrected chi connectivity index (χ3v) is 4.92. The normalized spacial score (nSPS) is 21.5. The summed E-state index contributed by atoms with van der Waals surface area (Å²) in [6, 6.07) is 7.44. The van der Waals surface area contributed by atoms with Crippen molar-refractivity contribution in [2.75, 3.05) is 20.2 Å². The minimum Gasteiger partial charge on any atom is -0.377 e. The molecule has 1 fully saturated rings. The van der Waals surface area contributed by atoms with Crippen LogP contribution in [0.15, 0.2) is 29.1 Å². The average molecular weight is 329 g/mol. The topological polar surface area (TPSA) is 58.2 Å². The van der Waals surface area contributed by atoms with Gasteiger partial charge >= 0.3 is 0 Å². The number of hydrogen-bond donors (Lipinski definition) is 1. The molecule has 0 spiro atoms. The number of nitrogens with one attached hydrogen (secondary N) is 1. The predicted octanol–water partition coefficient (Wildman–Crippen LogP) is 2.95. The van der Waals surface area contributed by atoms with E-state index in [1.165, 1.54) is 25.7 Å². The van der Waals surface area contributed by atoms with E-state index < -0.39 is 0 Å². The standard InChI is InChI=1S/C19H27N3O2/c1-14-7-3-6-10-17(14)24-12-11-22(2)13-18-20-16-9-5-4-8-15(16)19(23)21-18/h4-5,8-9,14,17H,3,6-7,10-13H2,1-2H3,(H,20,21,23). The Balaban J connectivity index is 1.53. The van der Waals surface area contributed by atoms with E-state index >= 15 is 0 Å². The highest BCUT2D eigenvalue weighted by Crippen LogP contribution is 2.26. The summed E-state index contributed by atoms with van der Waals surface area (Å²) in [6.07, 6.45) is 5.49. The molecule has 1 saturated carbocycles. The Kier molecular flexibility index (Phi) is 5.63. The van der Waals surface area contributed by atoms with Gasteiger partial charge in [0, 0.05) is 6.54 Å². The summed E-state index contributed by atoms with van der Waals surface area (Å²) in [6.45, 7) is 4.46. The molecule has 1 aliphatic carbocycles. The van der Waals surface area contributed by atoms with E-state index in [1.807, 2.05) is 25.2 Å². The Morgan fingerprint density at radius 2 is 2.08 bits per heavy atom. The molecule has 0 radical (unpaired) electrons. The second-order valence-electron chi connectivity index (χ2n) is 6.94. The van der Waals surface area contributed by atoms with Crippen LogP contribution < -0.4 is 5.56 Å². The summed E-state index contributed by atoms with van der Waals surface area (Å²) in [5.74, 6) is 1.37. The van der Waals surface area contributed by atoms with Gasteiger partial charge in [-0.2, -0.15) is 0 Å². The average Bonchev–Trinajstić information content (AvgIpc) is 2.57. The fraction of sp³-hybridized carbons (Fsp3) is 0.579. The van der Waals surface area contributed by atoms with Crippen molar-refractivity contribution in [3.05, 3.63) is 40.4 Å². The van der Waals surface area contributed by atoms with Gasteiger partial charge < -0.3 is 9.72 Å². The lowest BCUT2D eigenvalue weighted by Crippen LogP contribution is -2.30. The van der Waals surface area contributed by atoms with Gasteiger partial charge in [0.05, 0.1) is 30.2 Å². The molecule has 1 aromatic carbocycles. The van der Waals surface area contributed by atoms with Crippen LogP contribution in [0.25, 0.3) is 10.9 Å². The first-order valence-electron chi connectivity index (χ1n) is 8.91. The van der Waals surface area contributed by atoms with E-state index in [0.29, 0.717) is 29.8 Å². The SMILES string of the molecule is CC1CCCCC1OCCN(C)Cc1nc2ccccc2c(=O)[nH]1. The molecule has 5 nitrogen and oxygen atoms in total. The molecule has 1 aliphatic rings. The van der Waals surface area contributed by atoms with E-state index in [9.17, 15) is 4.79 Å². The zero-order valence-electron chi connectivity index (χ0n) is 14.6. The highest BCUT2D eigenvalue weighted by molar-refractivity contribution is 5.77. The fourth-order valence-electron chi connectivity index (χ4n) is 3.43. The lowest BCUT2D eigenvalue weighted by atomic mass is 9.88. The molecule has 130 valence electrons. The molecule has 0 aliphatic heterocycles. The van der Waals surface area contributed by atoms with Crippen LogP contribution in [-0.4, -0.2) is 41.2 Å². The monoisotopic (exact) mass is 329 g/mol. The van der Waals surface area contributed by atoms with Gasteiger partial charge in [0.1, 0.15) is 5.82 Å². The first-order valence-corrected chi connectivity index (χ1v) is 8.91. The zero-order chi connectivity index (χ0) is 16.9. The molecule has 2 atom stereocenters. The van der Waals surface area contributed by atoms with Gasteiger partial charge in [-0.1, -0.05) is 31.9 Å². The number of fused-ring (bicyclic) bond motifs is 1. The van der Waals surface area contributed by atoms with Crippen LogP contribution in [0.3, 0.4) is 0 Å². The lowest BCUT2D eigenvalue weighted by Gasteiger charge is -2.29. The molecule has 3 rings (SSSR count). The molecule has 2 aromatic rings. The van der Waals surface area contributed by atoms with Gasteiger partial charge in [0.15, 0.2) is 0 Å². The highest BCUT2D eigenvalue weighted by Gasteiger charge is 2.21. The summed E-state index contributed by atoms with van der Waals surface area (Å²) in [7, 11) is 2.03. The van der Waals surface area contributed by atoms with Crippen LogP contribution in [0.5, 0.6) is 0 Å². The Morgan fingerprint density at radius 3 is 2.92 bits per heavy atom. The minimum atomic E-state index is -0.0729. The zero-order valence-corrected chi connectivity index (χ0v) is 14.6. The maximum atomic E-state index is 12.1. The molecule has 0 bridgehead atoms. The van der Waals surface area contributed by atoms with Gasteiger partial charge in [-0.15, -0.1) is 0 Å². The number of rotatable bonds is 6. The number of aromatic nitrogens is 2. The first kappa shape index (κ1) is 17.1. The molecule has 1 aromatic heterocycles. The van der Waals surface area contributed by atoms with Gasteiger partial charge in [-0.3, -0.25) is 9.69 Å². The molecule has 1 N–H and O–H groups in total. The quantitative estimate of drug-likeness (QED) is 0.885. The molecule has 0 amide bonds. The Hall–Kier alpha value is -1.72. The number of ether oxygens (including phenoxy) is 1. The van der Waals surface area contributed by atoms with E-state index in [-0.39, 0.29) is 5.56 Å². The van der Waals surface area contributed by atoms with Crippen LogP contribution in [0.1, 0.15) is 38.4 Å². The van der Waals surface area contributed by atoms with Gasteiger partial charge in [0.2, 0.25) is 0 Å². The predicted molar refractivity (Wildman–Crippen MR) is 96.1 cm³/mol. The van der Waals surface area contributed by atoms with Crippen molar-refractivity contribution < 1.29 is 4.74 Å². The number of H-pyrrole nitrogens is 1. The van der Waals surface area contributed by atoms with E-state index in [4.69, 9.17) is 4.74 Å². The smallest absolute Gasteiger partial charge is 0.258 e. The molecule has 5 heteroatoms. The minimum absolute atomic E-state index is 0.0729. The third-order valence-electron chi connectivity index (χ3n) is 4.92. The number of aromatic amines is 1. The maximum Gasteiger partial charge on any atom is 0.258 e. The van der Waals surface area contributed by atoms with Crippen LogP contribution in [0.2, 0.25) is 0 Å². The number of benzene rings is 1. The molecular weight excluding hydrogens is 302 g/mol. The fourth-order valence-corrected chi connectivity index (χ4v) is 3.43. The largest absolute Gasteiger partial charge is 0.377 e. The van der Waals surface area contributed by atoms with Crippen molar-refractivity contribution in [1.82, 2.24) is 14.9 Å². The van der Waals surface area contributed by atoms with Gasteiger partial charge in [0.25, 0.3) is 5.56 Å². The summed E-state index contributed by atoms with van der Waals surface area (Å²) in [5.41, 5.74) is 0.674. The summed E-state index contributed by atoms with van der Waals surface area (Å²) in [5, 5.41) is 0.638. The summed E-state index contributed by atoms with van der Waals surface area (Å²) in [4.78, 5) is 21.7. The lowest BCUT2D eigenvalue weighted by molar-refractivity contribution is -0.0124. The number of hydrogen-bond acceptors (Lipinski definition) is 4. The van der Waals surface area contributed by atoms with Crippen LogP contribution in [0, 0.1) is 5.92 Å². The van der Waals surface area contributed by atoms with Gasteiger partial charge in [-0.25, -0.2) is 4.98 Å². The third kappa shape index (κ3) is 4.22. The van der Waals surface area contributed by atoms with Crippen LogP contribution in [-0.2, 0) is 11.3 Å². The van der Waals surface area contributed by atoms with E-state index in [0.717, 1.165) is 18.7 Å². The second kappa shape index (κ2) is 7.90. The molecular formula is C19H27N3O2. The second-order valence-corrected chi connectivity index (χ2v) is 6.94. The Labute approximate surface area is 143 Å². The highest BCUT2D eigenvalue weighted by atomic mass is 16.5. The summed E-state index contributed by atoms with van der Waals surface area (Å²) < 4.78 is 6.06. The summed E-state index contributed by atoms with van der Waals surface area (Å²) >= 11 is 0. The van der Waals surface area contributed by atoms with Crippen molar-refractivity contribution in [2.24, 2.45) is 5.92 Å². The van der Waals surface area contributed by atoms with Crippen LogP contribution in [0.4, 0.5) is 0 Å². The van der Waals surface area contributed by atoms with E-state index in [1.54, 1.807) is 6.07 Å². The Bertz CT molecular complexity index is 728. The molecule has 24 heavy (non-hydrogen) atoms. The number of likely N-dealkylation sites (N-methyl/N-ethyl adjacent to an activating group) is 1. The van der Waals surface area contributed by atoms with Crippen molar-refractivity contribution in [1.29, 1.82) is 0 Å². The van der Waals surface area contributed by atoms with Crippen molar-refractivity contribution in [3.8, 4) is 0 Å². The van der Waals surface area contributed by atoms with Crippen molar-refractivity contribution >= 4 is 10.9 Å². The number of para-hydroxylation sites is 1. The molecule has 0 saturated heterocycles. The van der Waals surface area contributed by atoms with Crippen molar-refractivity contribution in [3.63, 3.8) is 0 Å². The van der Waals surface area contributed by atoms with Crippen molar-refractivity contribution in [2.45, 2.75) is 45.3 Å². The first-order chi connectivity index (χ1) is 11.6. The molecule has 2 unspecified atom stereocenters. The molecule has 1 heterocycles. The number of nitrogens with zero attached hydrogens (tertiary/aromatic N) is 2. The van der Waals surface area contributed by atoms with E-state index in [2.05, 4.69) is 21.8 Å². The van der Waals surface area contributed by atoms with Gasteiger partial charge in [-0.05, 0) is 37.9 Å². The maximum absolute atomic E-state index is 12.1. The Morgan fingerprint density at radius 1 is 1.29 bits per heavy atom. The van der Waals surface area contributed by atoms with Crippen LogP contribution >= 0.6 is 0 Å².